The van der Waals surface area contributed by atoms with Crippen molar-refractivity contribution >= 4 is 6.47 Å². The van der Waals surface area contributed by atoms with E-state index < -0.39 is 5.41 Å². The van der Waals surface area contributed by atoms with Crippen molar-refractivity contribution in [2.75, 3.05) is 132 Å². The molecule has 17 heteroatoms. The van der Waals surface area contributed by atoms with E-state index in [0.29, 0.717) is 125 Å². The van der Waals surface area contributed by atoms with Gasteiger partial charge in [0.1, 0.15) is 0 Å². The van der Waals surface area contributed by atoms with Gasteiger partial charge in [0.15, 0.2) is 6.79 Å². The van der Waals surface area contributed by atoms with Gasteiger partial charge in [-0.15, -0.1) is 0 Å². The summed E-state index contributed by atoms with van der Waals surface area (Å²) in [5, 5.41) is 6.74. The summed E-state index contributed by atoms with van der Waals surface area (Å²) in [6.07, 6.45) is 0. The number of carbonyl (C=O) groups is 1. The van der Waals surface area contributed by atoms with Crippen molar-refractivity contribution in [1.29, 1.82) is 0 Å². The predicted molar refractivity (Wildman–Crippen MR) is 141 cm³/mol. The largest absolute Gasteiger partial charge is 0.441 e. The van der Waals surface area contributed by atoms with E-state index in [-0.39, 0.29) is 13.4 Å². The molecule has 0 aromatic heterocycles. The Morgan fingerprint density at radius 3 is 1.23 bits per heavy atom. The van der Waals surface area contributed by atoms with Crippen molar-refractivity contribution < 1.29 is 52.2 Å². The molecule has 0 aliphatic rings. The average molecular weight is 581 g/mol. The van der Waals surface area contributed by atoms with Crippen LogP contribution in [-0.4, -0.2) is 139 Å². The Kier molecular flexibility index (Phi) is 29.5. The monoisotopic (exact) mass is 580 g/mol. The number of ether oxygens (including phenoxy) is 10. The first kappa shape index (κ1) is 37.7. The number of hydrogen-bond donors (Lipinski definition) is 0. The third kappa shape index (κ3) is 28.7. The Labute approximate surface area is 234 Å². The predicted octanol–water partition coefficient (Wildman–Crippen LogP) is 1.89. The van der Waals surface area contributed by atoms with Crippen LogP contribution in [0.1, 0.15) is 6.92 Å². The van der Waals surface area contributed by atoms with Gasteiger partial charge in [0.25, 0.3) is 6.47 Å². The van der Waals surface area contributed by atoms with E-state index in [0.717, 1.165) is 0 Å². The molecule has 0 heterocycles. The van der Waals surface area contributed by atoms with Crippen LogP contribution in [0.4, 0.5) is 0 Å². The van der Waals surface area contributed by atoms with Crippen molar-refractivity contribution in [3.8, 4) is 0 Å². The maximum Gasteiger partial charge on any atom is 0.295 e. The van der Waals surface area contributed by atoms with Crippen LogP contribution in [0.15, 0.2) is 10.2 Å². The maximum absolute atomic E-state index is 10.3. The molecule has 0 unspecified atom stereocenters. The molecule has 0 saturated carbocycles. The van der Waals surface area contributed by atoms with Crippen LogP contribution in [0.2, 0.25) is 0 Å². The molecular weight excluding hydrogens is 536 g/mol. The van der Waals surface area contributed by atoms with Gasteiger partial charge in [-0.3, -0.25) is 4.79 Å². The molecule has 232 valence electrons. The molecule has 0 aliphatic carbocycles. The summed E-state index contributed by atoms with van der Waals surface area (Å²) in [4.78, 5) is 15.6. The van der Waals surface area contributed by atoms with Crippen LogP contribution < -0.4 is 0 Å². The molecule has 0 saturated heterocycles. The van der Waals surface area contributed by atoms with Gasteiger partial charge < -0.3 is 47.4 Å². The fraction of sp³-hybridized carbons (Fsp3) is 0.957. The summed E-state index contributed by atoms with van der Waals surface area (Å²) in [6.45, 7) is 9.38. The van der Waals surface area contributed by atoms with Gasteiger partial charge in [-0.1, -0.05) is 17.2 Å². The molecule has 0 fully saturated rings. The van der Waals surface area contributed by atoms with Gasteiger partial charge in [-0.25, -0.2) is 0 Å². The fourth-order valence-corrected chi connectivity index (χ4v) is 2.75. The summed E-state index contributed by atoms with van der Waals surface area (Å²) in [6, 6.07) is 0. The molecule has 0 bridgehead atoms. The lowest BCUT2D eigenvalue weighted by Crippen LogP contribution is -2.35. The minimum atomic E-state index is -0.477. The van der Waals surface area contributed by atoms with Crippen LogP contribution >= 0.6 is 0 Å². The Morgan fingerprint density at radius 1 is 0.550 bits per heavy atom. The average Bonchev–Trinajstić information content (AvgIpc) is 2.96. The normalized spacial score (nSPS) is 12.3. The first-order chi connectivity index (χ1) is 19.7. The highest BCUT2D eigenvalue weighted by molar-refractivity contribution is 5.36. The Hall–Kier alpha value is -2.27. The highest BCUT2D eigenvalue weighted by Gasteiger charge is 2.26. The van der Waals surface area contributed by atoms with Crippen LogP contribution in [0, 0.1) is 5.41 Å². The first-order valence-electron chi connectivity index (χ1n) is 12.9. The SMILES string of the molecule is CC(COCCOCCOCCOCCN=[N+]=[N-])(COCCOCCOCCOCCN=[N+]=[N-])COCOC=O. The van der Waals surface area contributed by atoms with Gasteiger partial charge >= 0.3 is 0 Å². The third-order valence-corrected chi connectivity index (χ3v) is 4.60. The van der Waals surface area contributed by atoms with Gasteiger partial charge in [0.2, 0.25) is 0 Å². The van der Waals surface area contributed by atoms with E-state index >= 15 is 0 Å². The summed E-state index contributed by atoms with van der Waals surface area (Å²) in [7, 11) is 0. The lowest BCUT2D eigenvalue weighted by Gasteiger charge is -2.28. The maximum atomic E-state index is 10.3. The molecule has 0 radical (unpaired) electrons. The second kappa shape index (κ2) is 31.3. The molecule has 0 amide bonds. The second-order valence-electron chi connectivity index (χ2n) is 8.23. The molecule has 0 aromatic carbocycles. The molecule has 0 rings (SSSR count). The van der Waals surface area contributed by atoms with E-state index in [1.807, 2.05) is 6.92 Å². The molecule has 17 nitrogen and oxygen atoms in total. The second-order valence-corrected chi connectivity index (χ2v) is 8.23. The Bertz CT molecular complexity index is 623. The summed E-state index contributed by atoms with van der Waals surface area (Å²) in [5.41, 5.74) is 15.8. The fourth-order valence-electron chi connectivity index (χ4n) is 2.75. The first-order valence-corrected chi connectivity index (χ1v) is 12.9. The third-order valence-electron chi connectivity index (χ3n) is 4.60. The number of hydrogen-bond acceptors (Lipinski definition) is 13. The molecule has 0 aromatic rings. The van der Waals surface area contributed by atoms with Crippen LogP contribution in [0.25, 0.3) is 20.9 Å². The molecule has 0 spiro atoms. The van der Waals surface area contributed by atoms with Gasteiger partial charge in [-0.05, 0) is 11.1 Å². The standard InChI is InChI=1S/C23H44N6O11/c1-23(20-39-22-40-21-30,18-37-16-14-35-12-10-33-8-6-31-4-2-26-28-24)19-38-17-15-36-13-11-34-9-7-32-5-3-27-29-25/h21H,2-20,22H2,1H3. The number of azide groups is 2. The zero-order valence-corrected chi connectivity index (χ0v) is 23.4. The Morgan fingerprint density at radius 2 is 0.875 bits per heavy atom. The highest BCUT2D eigenvalue weighted by Crippen LogP contribution is 2.18. The lowest BCUT2D eigenvalue weighted by molar-refractivity contribution is -0.148. The van der Waals surface area contributed by atoms with Crippen molar-refractivity contribution in [3.63, 3.8) is 0 Å². The van der Waals surface area contributed by atoms with E-state index in [1.165, 1.54) is 0 Å². The minimum Gasteiger partial charge on any atom is -0.441 e. The highest BCUT2D eigenvalue weighted by atomic mass is 16.7. The topological polar surface area (TPSA) is 207 Å². The smallest absolute Gasteiger partial charge is 0.295 e. The summed E-state index contributed by atoms with van der Waals surface area (Å²) < 4.78 is 53.7. The number of carbonyl (C=O) groups excluding carboxylic acids is 1. The number of nitrogens with zero attached hydrogens (tertiary/aromatic N) is 6. The Balaban J connectivity index is 3.83. The molecule has 0 atom stereocenters. The van der Waals surface area contributed by atoms with Crippen molar-refractivity contribution in [2.45, 2.75) is 6.92 Å². The van der Waals surface area contributed by atoms with Crippen molar-refractivity contribution in [2.24, 2.45) is 15.6 Å². The zero-order valence-electron chi connectivity index (χ0n) is 23.4. The van der Waals surface area contributed by atoms with Gasteiger partial charge in [-0.2, -0.15) is 0 Å². The number of rotatable bonds is 33. The molecule has 0 N–H and O–H groups in total. The lowest BCUT2D eigenvalue weighted by atomic mass is 9.94. The quantitative estimate of drug-likeness (QED) is 0.0273. The van der Waals surface area contributed by atoms with Crippen LogP contribution in [0.3, 0.4) is 0 Å². The van der Waals surface area contributed by atoms with Crippen LogP contribution in [0.5, 0.6) is 0 Å². The minimum absolute atomic E-state index is 0.150. The van der Waals surface area contributed by atoms with Crippen LogP contribution in [-0.2, 0) is 52.2 Å². The molecule has 0 aliphatic heterocycles. The van der Waals surface area contributed by atoms with Crippen molar-refractivity contribution in [3.05, 3.63) is 20.9 Å². The van der Waals surface area contributed by atoms with E-state index in [2.05, 4.69) is 24.8 Å². The van der Waals surface area contributed by atoms with E-state index in [4.69, 9.17) is 53.7 Å². The van der Waals surface area contributed by atoms with Crippen molar-refractivity contribution in [1.82, 2.24) is 0 Å². The summed E-state index contributed by atoms with van der Waals surface area (Å²) >= 11 is 0. The van der Waals surface area contributed by atoms with E-state index in [1.54, 1.807) is 0 Å². The summed E-state index contributed by atoms with van der Waals surface area (Å²) in [5.74, 6) is 0. The molecular formula is C23H44N6O11. The van der Waals surface area contributed by atoms with E-state index in [9.17, 15) is 4.79 Å². The van der Waals surface area contributed by atoms with Gasteiger partial charge in [0, 0.05) is 28.3 Å². The molecule has 40 heavy (non-hydrogen) atoms. The van der Waals surface area contributed by atoms with Gasteiger partial charge in [0.05, 0.1) is 112 Å². The zero-order chi connectivity index (χ0) is 29.2.